The van der Waals surface area contributed by atoms with Crippen molar-refractivity contribution < 1.29 is 8.78 Å². The van der Waals surface area contributed by atoms with E-state index in [0.717, 1.165) is 24.5 Å². The second-order valence-corrected chi connectivity index (χ2v) is 5.68. The number of benzene rings is 2. The predicted octanol–water partition coefficient (Wildman–Crippen LogP) is 5.57. The van der Waals surface area contributed by atoms with Gasteiger partial charge in [0, 0.05) is 11.6 Å². The van der Waals surface area contributed by atoms with Crippen LogP contribution in [0.15, 0.2) is 36.4 Å². The molecule has 2 aromatic rings. The van der Waals surface area contributed by atoms with Crippen LogP contribution in [0.1, 0.15) is 40.9 Å². The third-order valence-corrected chi connectivity index (χ3v) is 4.54. The Bertz CT molecular complexity index is 608. The Morgan fingerprint density at radius 1 is 0.950 bits per heavy atom. The first kappa shape index (κ1) is 15.2. The molecule has 0 aliphatic rings. The number of alkyl halides is 1. The topological polar surface area (TPSA) is 0 Å². The van der Waals surface area contributed by atoms with Crippen LogP contribution in [-0.4, -0.2) is 0 Å². The highest BCUT2D eigenvalue weighted by Crippen LogP contribution is 2.33. The van der Waals surface area contributed by atoms with Gasteiger partial charge in [-0.1, -0.05) is 54.0 Å². The highest BCUT2D eigenvalue weighted by atomic mass is 79.9. The third kappa shape index (κ3) is 3.09. The summed E-state index contributed by atoms with van der Waals surface area (Å²) in [7, 11) is 0. The van der Waals surface area contributed by atoms with Crippen LogP contribution < -0.4 is 0 Å². The molecule has 0 nitrogen and oxygen atoms in total. The zero-order chi connectivity index (χ0) is 14.7. The van der Waals surface area contributed by atoms with Gasteiger partial charge in [-0.25, -0.2) is 8.78 Å². The monoisotopic (exact) mass is 338 g/mol. The Balaban J connectivity index is 2.40. The molecule has 2 rings (SSSR count). The second kappa shape index (κ2) is 6.49. The summed E-state index contributed by atoms with van der Waals surface area (Å²) in [5.74, 6) is -1.08. The molecule has 0 bridgehead atoms. The Kier molecular flexibility index (Phi) is 4.92. The summed E-state index contributed by atoms with van der Waals surface area (Å²) in [6.45, 7) is 4.24. The van der Waals surface area contributed by atoms with E-state index < -0.39 is 11.6 Å². The predicted molar refractivity (Wildman–Crippen MR) is 82.3 cm³/mol. The molecular formula is C17H17BrF2. The molecule has 20 heavy (non-hydrogen) atoms. The van der Waals surface area contributed by atoms with Crippen LogP contribution in [0.2, 0.25) is 0 Å². The Morgan fingerprint density at radius 3 is 2.25 bits per heavy atom. The van der Waals surface area contributed by atoms with Crippen molar-refractivity contribution in [3.63, 3.8) is 0 Å². The SMILES string of the molecule is CCc1ccc(C(Br)c2ccc(F)cc2F)cc1CC. The number of aryl methyl sites for hydroxylation is 2. The van der Waals surface area contributed by atoms with Crippen molar-refractivity contribution in [3.8, 4) is 0 Å². The minimum Gasteiger partial charge on any atom is -0.207 e. The van der Waals surface area contributed by atoms with E-state index in [-0.39, 0.29) is 4.83 Å². The zero-order valence-corrected chi connectivity index (χ0v) is 13.2. The molecule has 0 fully saturated rings. The fourth-order valence-electron chi connectivity index (χ4n) is 2.36. The van der Waals surface area contributed by atoms with Crippen molar-refractivity contribution >= 4 is 15.9 Å². The van der Waals surface area contributed by atoms with E-state index >= 15 is 0 Å². The van der Waals surface area contributed by atoms with Crippen LogP contribution in [0.3, 0.4) is 0 Å². The molecule has 0 aliphatic carbocycles. The normalized spacial score (nSPS) is 12.4. The third-order valence-electron chi connectivity index (χ3n) is 3.52. The minimum atomic E-state index is -0.554. The Morgan fingerprint density at radius 2 is 1.65 bits per heavy atom. The van der Waals surface area contributed by atoms with E-state index in [4.69, 9.17) is 0 Å². The summed E-state index contributed by atoms with van der Waals surface area (Å²) in [6, 6.07) is 9.88. The van der Waals surface area contributed by atoms with Gasteiger partial charge in [0.05, 0.1) is 4.83 Å². The van der Waals surface area contributed by atoms with Crippen LogP contribution in [0.4, 0.5) is 8.78 Å². The van der Waals surface area contributed by atoms with E-state index in [9.17, 15) is 8.78 Å². The van der Waals surface area contributed by atoms with Crippen LogP contribution in [0.25, 0.3) is 0 Å². The molecule has 1 atom stereocenters. The number of halogens is 3. The van der Waals surface area contributed by atoms with Gasteiger partial charge in [-0.05, 0) is 35.6 Å². The van der Waals surface area contributed by atoms with Crippen molar-refractivity contribution in [3.05, 3.63) is 70.3 Å². The highest BCUT2D eigenvalue weighted by Gasteiger charge is 2.16. The molecule has 0 aliphatic heterocycles. The molecule has 0 saturated carbocycles. The molecule has 0 radical (unpaired) electrons. The lowest BCUT2D eigenvalue weighted by molar-refractivity contribution is 0.574. The molecule has 0 saturated heterocycles. The van der Waals surface area contributed by atoms with E-state index in [0.29, 0.717) is 5.56 Å². The zero-order valence-electron chi connectivity index (χ0n) is 11.6. The van der Waals surface area contributed by atoms with Gasteiger partial charge in [0.2, 0.25) is 0 Å². The molecule has 0 N–H and O–H groups in total. The maximum atomic E-state index is 13.8. The average molecular weight is 339 g/mol. The lowest BCUT2D eigenvalue weighted by atomic mass is 9.96. The van der Waals surface area contributed by atoms with E-state index in [1.807, 2.05) is 6.07 Å². The van der Waals surface area contributed by atoms with Crippen LogP contribution >= 0.6 is 15.9 Å². The van der Waals surface area contributed by atoms with Gasteiger partial charge in [0.15, 0.2) is 0 Å². The molecule has 0 amide bonds. The summed E-state index contributed by atoms with van der Waals surface area (Å²) in [5, 5.41) is 0. The van der Waals surface area contributed by atoms with Gasteiger partial charge in [0.25, 0.3) is 0 Å². The van der Waals surface area contributed by atoms with Gasteiger partial charge in [-0.3, -0.25) is 0 Å². The van der Waals surface area contributed by atoms with Crippen LogP contribution in [0, 0.1) is 11.6 Å². The fourth-order valence-corrected chi connectivity index (χ4v) is 3.02. The number of hydrogen-bond donors (Lipinski definition) is 0. The first-order valence-corrected chi connectivity index (χ1v) is 7.69. The average Bonchev–Trinajstić information content (AvgIpc) is 2.45. The standard InChI is InChI=1S/C17H17BrF2/c1-3-11-5-6-13(9-12(11)4-2)17(18)15-8-7-14(19)10-16(15)20/h5-10,17H,3-4H2,1-2H3. The van der Waals surface area contributed by atoms with Gasteiger partial charge in [0.1, 0.15) is 11.6 Å². The fraction of sp³-hybridized carbons (Fsp3) is 0.294. The van der Waals surface area contributed by atoms with E-state index in [2.05, 4.69) is 41.9 Å². The molecular weight excluding hydrogens is 322 g/mol. The lowest BCUT2D eigenvalue weighted by Gasteiger charge is -2.15. The second-order valence-electron chi connectivity index (χ2n) is 4.76. The van der Waals surface area contributed by atoms with Crippen LogP contribution in [0.5, 0.6) is 0 Å². The largest absolute Gasteiger partial charge is 0.207 e. The molecule has 0 heterocycles. The summed E-state index contributed by atoms with van der Waals surface area (Å²) >= 11 is 3.52. The summed E-state index contributed by atoms with van der Waals surface area (Å²) < 4.78 is 26.8. The van der Waals surface area contributed by atoms with Crippen molar-refractivity contribution in [2.45, 2.75) is 31.5 Å². The van der Waals surface area contributed by atoms with E-state index in [1.54, 1.807) is 0 Å². The Hall–Kier alpha value is -1.22. The molecule has 2 aromatic carbocycles. The van der Waals surface area contributed by atoms with Gasteiger partial charge in [-0.2, -0.15) is 0 Å². The quantitative estimate of drug-likeness (QED) is 0.639. The van der Waals surface area contributed by atoms with Crippen LogP contribution in [-0.2, 0) is 12.8 Å². The van der Waals surface area contributed by atoms with E-state index in [1.165, 1.54) is 23.3 Å². The van der Waals surface area contributed by atoms with Crippen molar-refractivity contribution in [2.24, 2.45) is 0 Å². The maximum Gasteiger partial charge on any atom is 0.130 e. The molecule has 0 aromatic heterocycles. The number of rotatable bonds is 4. The van der Waals surface area contributed by atoms with Crippen molar-refractivity contribution in [2.75, 3.05) is 0 Å². The maximum absolute atomic E-state index is 13.8. The molecule has 3 heteroatoms. The number of hydrogen-bond acceptors (Lipinski definition) is 0. The smallest absolute Gasteiger partial charge is 0.130 e. The Labute approximate surface area is 127 Å². The summed E-state index contributed by atoms with van der Waals surface area (Å²) in [5.41, 5.74) is 4.04. The van der Waals surface area contributed by atoms with Crippen molar-refractivity contribution in [1.29, 1.82) is 0 Å². The lowest BCUT2D eigenvalue weighted by Crippen LogP contribution is -2.00. The highest BCUT2D eigenvalue weighted by molar-refractivity contribution is 9.09. The van der Waals surface area contributed by atoms with Gasteiger partial charge < -0.3 is 0 Å². The minimum absolute atomic E-state index is 0.265. The summed E-state index contributed by atoms with van der Waals surface area (Å²) in [6.07, 6.45) is 1.93. The first-order chi connectivity index (χ1) is 9.56. The van der Waals surface area contributed by atoms with Gasteiger partial charge >= 0.3 is 0 Å². The molecule has 1 unspecified atom stereocenters. The first-order valence-electron chi connectivity index (χ1n) is 6.77. The molecule has 106 valence electrons. The van der Waals surface area contributed by atoms with Gasteiger partial charge in [-0.15, -0.1) is 0 Å². The van der Waals surface area contributed by atoms with Crippen molar-refractivity contribution in [1.82, 2.24) is 0 Å². The summed E-state index contributed by atoms with van der Waals surface area (Å²) in [4.78, 5) is -0.265. The molecule has 0 spiro atoms.